The van der Waals surface area contributed by atoms with Gasteiger partial charge in [-0.05, 0) is 31.4 Å². The van der Waals surface area contributed by atoms with Gasteiger partial charge < -0.3 is 5.73 Å². The molecule has 2 atom stereocenters. The molecule has 1 aliphatic carbocycles. The van der Waals surface area contributed by atoms with Crippen molar-refractivity contribution in [2.24, 2.45) is 5.73 Å². The topological polar surface area (TPSA) is 26.0 Å². The van der Waals surface area contributed by atoms with Crippen molar-refractivity contribution in [3.8, 4) is 0 Å². The molecule has 0 amide bonds. The second-order valence-corrected chi connectivity index (χ2v) is 5.64. The van der Waals surface area contributed by atoms with Crippen molar-refractivity contribution in [1.29, 1.82) is 0 Å². The van der Waals surface area contributed by atoms with Gasteiger partial charge in [0.25, 0.3) is 0 Å². The minimum Gasteiger partial charge on any atom is -0.328 e. The first kappa shape index (κ1) is 10.4. The SMILES string of the molecule is NC1CCCC(F)(c2ccc(Cl)s2)C1. The van der Waals surface area contributed by atoms with Crippen molar-refractivity contribution < 1.29 is 4.39 Å². The normalized spacial score (nSPS) is 33.2. The van der Waals surface area contributed by atoms with Gasteiger partial charge >= 0.3 is 0 Å². The lowest BCUT2D eigenvalue weighted by molar-refractivity contribution is 0.0988. The van der Waals surface area contributed by atoms with Crippen LogP contribution in [-0.4, -0.2) is 6.04 Å². The van der Waals surface area contributed by atoms with Crippen molar-refractivity contribution in [2.45, 2.75) is 37.4 Å². The summed E-state index contributed by atoms with van der Waals surface area (Å²) in [5.41, 5.74) is 4.56. The molecular weight excluding hydrogens is 221 g/mol. The molecule has 78 valence electrons. The number of rotatable bonds is 1. The van der Waals surface area contributed by atoms with E-state index < -0.39 is 5.67 Å². The highest BCUT2D eigenvalue weighted by atomic mass is 35.5. The Morgan fingerprint density at radius 1 is 1.57 bits per heavy atom. The second kappa shape index (κ2) is 3.80. The van der Waals surface area contributed by atoms with Crippen molar-refractivity contribution in [2.75, 3.05) is 0 Å². The maximum absolute atomic E-state index is 14.4. The highest BCUT2D eigenvalue weighted by Gasteiger charge is 2.37. The zero-order valence-corrected chi connectivity index (χ0v) is 9.37. The smallest absolute Gasteiger partial charge is 0.146 e. The molecule has 2 rings (SSSR count). The third-order valence-corrected chi connectivity index (χ3v) is 4.16. The van der Waals surface area contributed by atoms with Crippen LogP contribution in [0.25, 0.3) is 0 Å². The summed E-state index contributed by atoms with van der Waals surface area (Å²) in [7, 11) is 0. The third kappa shape index (κ3) is 1.95. The van der Waals surface area contributed by atoms with Crippen LogP contribution in [0.5, 0.6) is 0 Å². The fraction of sp³-hybridized carbons (Fsp3) is 0.600. The first-order chi connectivity index (χ1) is 6.60. The predicted octanol–water partition coefficient (Wildman–Crippen LogP) is 3.47. The van der Waals surface area contributed by atoms with Crippen LogP contribution in [0.15, 0.2) is 12.1 Å². The number of halogens is 2. The maximum Gasteiger partial charge on any atom is 0.146 e. The summed E-state index contributed by atoms with van der Waals surface area (Å²) in [6.45, 7) is 0. The number of thiophene rings is 1. The Balaban J connectivity index is 2.22. The zero-order chi connectivity index (χ0) is 10.2. The van der Waals surface area contributed by atoms with Crippen LogP contribution in [0, 0.1) is 0 Å². The molecule has 0 saturated heterocycles. The zero-order valence-electron chi connectivity index (χ0n) is 7.80. The van der Waals surface area contributed by atoms with E-state index in [0.717, 1.165) is 17.7 Å². The maximum atomic E-state index is 14.4. The molecular formula is C10H13ClFNS. The van der Waals surface area contributed by atoms with Gasteiger partial charge in [-0.1, -0.05) is 11.6 Å². The van der Waals surface area contributed by atoms with E-state index in [1.54, 1.807) is 12.1 Å². The fourth-order valence-electron chi connectivity index (χ4n) is 2.04. The summed E-state index contributed by atoms with van der Waals surface area (Å²) < 4.78 is 15.1. The van der Waals surface area contributed by atoms with E-state index >= 15 is 0 Å². The van der Waals surface area contributed by atoms with Crippen LogP contribution >= 0.6 is 22.9 Å². The summed E-state index contributed by atoms with van der Waals surface area (Å²) in [6, 6.07) is 3.53. The standard InChI is InChI=1S/C10H13ClFNS/c11-9-4-3-8(14-9)10(12)5-1-2-7(13)6-10/h3-4,7H,1-2,5-6,13H2. The van der Waals surface area contributed by atoms with E-state index in [-0.39, 0.29) is 6.04 Å². The van der Waals surface area contributed by atoms with Crippen molar-refractivity contribution in [3.63, 3.8) is 0 Å². The van der Waals surface area contributed by atoms with Gasteiger partial charge in [-0.25, -0.2) is 4.39 Å². The number of hydrogen-bond acceptors (Lipinski definition) is 2. The highest BCUT2D eigenvalue weighted by Crippen LogP contribution is 2.43. The molecule has 1 saturated carbocycles. The summed E-state index contributed by atoms with van der Waals surface area (Å²) in [5.74, 6) is 0. The van der Waals surface area contributed by atoms with Gasteiger partial charge in [-0.15, -0.1) is 11.3 Å². The minimum atomic E-state index is -1.23. The van der Waals surface area contributed by atoms with Gasteiger partial charge in [-0.3, -0.25) is 0 Å². The van der Waals surface area contributed by atoms with E-state index in [2.05, 4.69) is 0 Å². The first-order valence-corrected chi connectivity index (χ1v) is 6.00. The molecule has 1 fully saturated rings. The molecule has 14 heavy (non-hydrogen) atoms. The van der Waals surface area contributed by atoms with E-state index in [9.17, 15) is 4.39 Å². The van der Waals surface area contributed by atoms with Gasteiger partial charge in [0.2, 0.25) is 0 Å². The van der Waals surface area contributed by atoms with Gasteiger partial charge in [0.15, 0.2) is 0 Å². The van der Waals surface area contributed by atoms with E-state index in [4.69, 9.17) is 17.3 Å². The molecule has 0 bridgehead atoms. The average molecular weight is 234 g/mol. The summed E-state index contributed by atoms with van der Waals surface area (Å²) in [6.07, 6.45) is 2.82. The molecule has 0 aromatic carbocycles. The molecule has 1 aromatic heterocycles. The largest absolute Gasteiger partial charge is 0.328 e. The molecule has 1 aromatic rings. The Morgan fingerprint density at radius 3 is 2.93 bits per heavy atom. The Labute approximate surface area is 92.1 Å². The third-order valence-electron chi connectivity index (χ3n) is 2.75. The number of hydrogen-bond donors (Lipinski definition) is 1. The molecule has 0 spiro atoms. The lowest BCUT2D eigenvalue weighted by Crippen LogP contribution is -2.35. The Bertz CT molecular complexity index is 328. The summed E-state index contributed by atoms with van der Waals surface area (Å²) in [5, 5.41) is 0. The molecule has 1 heterocycles. The van der Waals surface area contributed by atoms with E-state index in [1.807, 2.05) is 0 Å². The predicted molar refractivity (Wildman–Crippen MR) is 58.6 cm³/mol. The Morgan fingerprint density at radius 2 is 2.36 bits per heavy atom. The van der Waals surface area contributed by atoms with Crippen molar-refractivity contribution in [1.82, 2.24) is 0 Å². The quantitative estimate of drug-likeness (QED) is 0.790. The van der Waals surface area contributed by atoms with E-state index in [0.29, 0.717) is 17.2 Å². The molecule has 0 aliphatic heterocycles. The average Bonchev–Trinajstić information content (AvgIpc) is 2.52. The fourth-order valence-corrected chi connectivity index (χ4v) is 3.21. The summed E-state index contributed by atoms with van der Waals surface area (Å²) >= 11 is 7.13. The van der Waals surface area contributed by atoms with Gasteiger partial charge in [0, 0.05) is 17.3 Å². The van der Waals surface area contributed by atoms with Crippen LogP contribution in [0.2, 0.25) is 4.34 Å². The van der Waals surface area contributed by atoms with Crippen LogP contribution in [0.3, 0.4) is 0 Å². The lowest BCUT2D eigenvalue weighted by atomic mass is 9.82. The van der Waals surface area contributed by atoms with Gasteiger partial charge in [-0.2, -0.15) is 0 Å². The molecule has 4 heteroatoms. The number of nitrogens with two attached hydrogens (primary N) is 1. The van der Waals surface area contributed by atoms with Gasteiger partial charge in [0.05, 0.1) is 4.34 Å². The molecule has 2 N–H and O–H groups in total. The highest BCUT2D eigenvalue weighted by molar-refractivity contribution is 7.16. The van der Waals surface area contributed by atoms with Crippen LogP contribution in [0.1, 0.15) is 30.6 Å². The second-order valence-electron chi connectivity index (χ2n) is 3.93. The molecule has 2 unspecified atom stereocenters. The van der Waals surface area contributed by atoms with Crippen molar-refractivity contribution in [3.05, 3.63) is 21.3 Å². The Kier molecular flexibility index (Phi) is 2.82. The number of alkyl halides is 1. The molecule has 1 aliphatic rings. The summed E-state index contributed by atoms with van der Waals surface area (Å²) in [4.78, 5) is 0.734. The van der Waals surface area contributed by atoms with Gasteiger partial charge in [0.1, 0.15) is 5.67 Å². The van der Waals surface area contributed by atoms with Crippen LogP contribution in [-0.2, 0) is 5.67 Å². The first-order valence-electron chi connectivity index (χ1n) is 4.80. The van der Waals surface area contributed by atoms with Crippen molar-refractivity contribution >= 4 is 22.9 Å². The van der Waals surface area contributed by atoms with Crippen LogP contribution in [0.4, 0.5) is 4.39 Å². The monoisotopic (exact) mass is 233 g/mol. The molecule has 0 radical (unpaired) electrons. The van der Waals surface area contributed by atoms with Crippen LogP contribution < -0.4 is 5.73 Å². The lowest BCUT2D eigenvalue weighted by Gasteiger charge is -2.32. The van der Waals surface area contributed by atoms with E-state index in [1.165, 1.54) is 11.3 Å². The Hall–Kier alpha value is -0.120. The molecule has 1 nitrogen and oxygen atoms in total. The minimum absolute atomic E-state index is 0.00498.